The van der Waals surface area contributed by atoms with Crippen molar-refractivity contribution in [2.45, 2.75) is 26.3 Å². The highest BCUT2D eigenvalue weighted by Gasteiger charge is 2.24. The van der Waals surface area contributed by atoms with Crippen molar-refractivity contribution in [1.82, 2.24) is 14.8 Å². The van der Waals surface area contributed by atoms with Crippen molar-refractivity contribution in [3.05, 3.63) is 34.2 Å². The van der Waals surface area contributed by atoms with Gasteiger partial charge in [0.15, 0.2) is 0 Å². The lowest BCUT2D eigenvalue weighted by Gasteiger charge is -2.37. The van der Waals surface area contributed by atoms with Crippen LogP contribution in [-0.2, 0) is 0 Å². The molecule has 19 heavy (non-hydrogen) atoms. The lowest BCUT2D eigenvalue weighted by atomic mass is 10.1. The number of hydrogen-bond acceptors (Lipinski definition) is 3. The third-order valence-electron chi connectivity index (χ3n) is 3.84. The maximum atomic E-state index is 12.3. The van der Waals surface area contributed by atoms with Gasteiger partial charge in [-0.1, -0.05) is 6.92 Å². The van der Waals surface area contributed by atoms with E-state index in [0.717, 1.165) is 32.6 Å². The summed E-state index contributed by atoms with van der Waals surface area (Å²) >= 11 is 0. The molecule has 1 aromatic rings. The number of H-pyrrole nitrogens is 1. The van der Waals surface area contributed by atoms with Gasteiger partial charge in [-0.2, -0.15) is 0 Å². The second-order valence-electron chi connectivity index (χ2n) is 5.03. The Balaban J connectivity index is 1.98. The van der Waals surface area contributed by atoms with Crippen molar-refractivity contribution in [1.29, 1.82) is 0 Å². The number of rotatable bonds is 3. The summed E-state index contributed by atoms with van der Waals surface area (Å²) in [6.07, 6.45) is 2.65. The van der Waals surface area contributed by atoms with Crippen LogP contribution in [0.15, 0.2) is 23.1 Å². The molecule has 0 spiro atoms. The van der Waals surface area contributed by atoms with E-state index < -0.39 is 0 Å². The average molecular weight is 263 g/mol. The third-order valence-corrected chi connectivity index (χ3v) is 3.84. The van der Waals surface area contributed by atoms with Gasteiger partial charge in [0, 0.05) is 50.0 Å². The Morgan fingerprint density at radius 1 is 1.37 bits per heavy atom. The molecule has 1 atom stereocenters. The van der Waals surface area contributed by atoms with E-state index in [1.54, 1.807) is 6.07 Å². The number of aromatic nitrogens is 1. The highest BCUT2D eigenvalue weighted by molar-refractivity contribution is 5.94. The number of aromatic amines is 1. The van der Waals surface area contributed by atoms with Crippen LogP contribution in [0.2, 0.25) is 0 Å². The summed E-state index contributed by atoms with van der Waals surface area (Å²) in [5, 5.41) is 0. The summed E-state index contributed by atoms with van der Waals surface area (Å²) in [5.41, 5.74) is 0.241. The molecule has 5 heteroatoms. The van der Waals surface area contributed by atoms with Crippen molar-refractivity contribution >= 4 is 5.91 Å². The lowest BCUT2D eigenvalue weighted by molar-refractivity contribution is 0.0579. The Morgan fingerprint density at radius 3 is 2.63 bits per heavy atom. The van der Waals surface area contributed by atoms with Gasteiger partial charge in [0.1, 0.15) is 0 Å². The quantitative estimate of drug-likeness (QED) is 0.882. The fraction of sp³-hybridized carbons (Fsp3) is 0.571. The number of carbonyl (C=O) groups is 1. The van der Waals surface area contributed by atoms with Crippen LogP contribution in [-0.4, -0.2) is 52.9 Å². The van der Waals surface area contributed by atoms with E-state index in [0.29, 0.717) is 11.6 Å². The molecule has 1 aromatic heterocycles. The molecule has 1 unspecified atom stereocenters. The molecule has 0 aromatic carbocycles. The molecule has 0 bridgehead atoms. The van der Waals surface area contributed by atoms with Gasteiger partial charge in [0.2, 0.25) is 5.56 Å². The third kappa shape index (κ3) is 3.23. The minimum Gasteiger partial charge on any atom is -0.336 e. The zero-order valence-electron chi connectivity index (χ0n) is 11.6. The molecule has 1 saturated heterocycles. The highest BCUT2D eigenvalue weighted by Crippen LogP contribution is 2.11. The normalized spacial score (nSPS) is 18.3. The van der Waals surface area contributed by atoms with Crippen LogP contribution in [0, 0.1) is 0 Å². The first-order valence-electron chi connectivity index (χ1n) is 6.84. The fourth-order valence-electron chi connectivity index (χ4n) is 2.38. The van der Waals surface area contributed by atoms with Crippen LogP contribution in [0.4, 0.5) is 0 Å². The smallest absolute Gasteiger partial charge is 0.254 e. The number of amides is 1. The van der Waals surface area contributed by atoms with Crippen LogP contribution >= 0.6 is 0 Å². The van der Waals surface area contributed by atoms with E-state index in [1.807, 2.05) is 4.90 Å². The lowest BCUT2D eigenvalue weighted by Crippen LogP contribution is -2.51. The predicted octanol–water partition coefficient (Wildman–Crippen LogP) is 0.931. The Kier molecular flexibility index (Phi) is 4.37. The molecular formula is C14H21N3O2. The minimum atomic E-state index is -0.232. The van der Waals surface area contributed by atoms with Crippen molar-refractivity contribution in [2.75, 3.05) is 26.2 Å². The van der Waals surface area contributed by atoms with Crippen molar-refractivity contribution < 1.29 is 4.79 Å². The van der Waals surface area contributed by atoms with Crippen LogP contribution in [0.1, 0.15) is 30.6 Å². The number of pyridine rings is 1. The summed E-state index contributed by atoms with van der Waals surface area (Å²) in [7, 11) is 0. The first kappa shape index (κ1) is 13.8. The standard InChI is InChI=1S/C14H21N3O2/c1-3-11(2)16-6-8-17(9-7-16)14(19)12-4-5-15-13(18)10-12/h4-5,10-11H,3,6-9H2,1-2H3,(H,15,18). The molecule has 1 aliphatic heterocycles. The molecule has 1 N–H and O–H groups in total. The first-order valence-corrected chi connectivity index (χ1v) is 6.84. The van der Waals surface area contributed by atoms with E-state index in [-0.39, 0.29) is 11.5 Å². The van der Waals surface area contributed by atoms with Crippen molar-refractivity contribution in [3.63, 3.8) is 0 Å². The van der Waals surface area contributed by atoms with Gasteiger partial charge in [-0.05, 0) is 19.4 Å². The Labute approximate surface area is 113 Å². The summed E-state index contributed by atoms with van der Waals surface area (Å²) < 4.78 is 0. The topological polar surface area (TPSA) is 56.4 Å². The molecular weight excluding hydrogens is 242 g/mol. The maximum Gasteiger partial charge on any atom is 0.254 e. The largest absolute Gasteiger partial charge is 0.336 e. The van der Waals surface area contributed by atoms with Gasteiger partial charge >= 0.3 is 0 Å². The van der Waals surface area contributed by atoms with Gasteiger partial charge in [0.25, 0.3) is 5.91 Å². The van der Waals surface area contributed by atoms with E-state index in [1.165, 1.54) is 12.3 Å². The molecule has 1 aliphatic rings. The number of carbonyl (C=O) groups excluding carboxylic acids is 1. The molecule has 2 heterocycles. The van der Waals surface area contributed by atoms with Crippen molar-refractivity contribution in [2.24, 2.45) is 0 Å². The second-order valence-corrected chi connectivity index (χ2v) is 5.03. The van der Waals surface area contributed by atoms with Crippen LogP contribution in [0.25, 0.3) is 0 Å². The summed E-state index contributed by atoms with van der Waals surface area (Å²) in [4.78, 5) is 30.2. The Bertz CT molecular complexity index is 489. The minimum absolute atomic E-state index is 0.0464. The molecule has 1 amide bonds. The van der Waals surface area contributed by atoms with Crippen LogP contribution in [0.3, 0.4) is 0 Å². The van der Waals surface area contributed by atoms with Gasteiger partial charge < -0.3 is 9.88 Å². The van der Waals surface area contributed by atoms with Gasteiger partial charge in [-0.25, -0.2) is 0 Å². The fourth-order valence-corrected chi connectivity index (χ4v) is 2.38. The number of piperazine rings is 1. The van der Waals surface area contributed by atoms with E-state index in [4.69, 9.17) is 0 Å². The van der Waals surface area contributed by atoms with Gasteiger partial charge in [0.05, 0.1) is 0 Å². The summed E-state index contributed by atoms with van der Waals surface area (Å²) in [6.45, 7) is 7.67. The van der Waals surface area contributed by atoms with E-state index in [9.17, 15) is 9.59 Å². The number of nitrogens with zero attached hydrogens (tertiary/aromatic N) is 2. The molecule has 2 rings (SSSR count). The van der Waals surface area contributed by atoms with Crippen LogP contribution in [0.5, 0.6) is 0 Å². The molecule has 5 nitrogen and oxygen atoms in total. The average Bonchev–Trinajstić information content (AvgIpc) is 2.46. The zero-order valence-corrected chi connectivity index (χ0v) is 11.6. The SMILES string of the molecule is CCC(C)N1CCN(C(=O)c2cc[nH]c(=O)c2)CC1. The molecule has 1 fully saturated rings. The molecule has 0 aliphatic carbocycles. The van der Waals surface area contributed by atoms with Crippen molar-refractivity contribution in [3.8, 4) is 0 Å². The second kappa shape index (κ2) is 6.02. The first-order chi connectivity index (χ1) is 9.11. The Morgan fingerprint density at radius 2 is 2.05 bits per heavy atom. The zero-order chi connectivity index (χ0) is 13.8. The van der Waals surface area contributed by atoms with E-state index >= 15 is 0 Å². The molecule has 0 saturated carbocycles. The van der Waals surface area contributed by atoms with Gasteiger partial charge in [-0.15, -0.1) is 0 Å². The highest BCUT2D eigenvalue weighted by atomic mass is 16.2. The summed E-state index contributed by atoms with van der Waals surface area (Å²) in [6, 6.07) is 3.59. The summed E-state index contributed by atoms with van der Waals surface area (Å²) in [5.74, 6) is -0.0464. The number of hydrogen-bond donors (Lipinski definition) is 1. The maximum absolute atomic E-state index is 12.3. The predicted molar refractivity (Wildman–Crippen MR) is 74.3 cm³/mol. The van der Waals surface area contributed by atoms with Gasteiger partial charge in [-0.3, -0.25) is 14.5 Å². The monoisotopic (exact) mass is 263 g/mol. The molecule has 104 valence electrons. The number of nitrogens with one attached hydrogen (secondary N) is 1. The van der Waals surface area contributed by atoms with E-state index in [2.05, 4.69) is 23.7 Å². The molecule has 0 radical (unpaired) electrons. The Hall–Kier alpha value is -1.62. The van der Waals surface area contributed by atoms with Crippen LogP contribution < -0.4 is 5.56 Å².